The van der Waals surface area contributed by atoms with E-state index in [9.17, 15) is 9.59 Å². The van der Waals surface area contributed by atoms with Gasteiger partial charge in [0.25, 0.3) is 0 Å². The second-order valence-corrected chi connectivity index (χ2v) is 5.13. The van der Waals surface area contributed by atoms with E-state index in [-0.39, 0.29) is 5.97 Å². The summed E-state index contributed by atoms with van der Waals surface area (Å²) >= 11 is 1.98. The molecule has 0 rings (SSSR count). The smallest absolute Gasteiger partial charge is 0.407 e. The third-order valence-corrected chi connectivity index (χ3v) is 2.00. The first-order chi connectivity index (χ1) is 7.85. The zero-order chi connectivity index (χ0) is 13.3. The molecule has 0 saturated carbocycles. The molecule has 5 nitrogen and oxygen atoms in total. The number of halogens is 1. The number of unbranched alkanes of at least 4 members (excludes halogenated alkanes) is 1. The van der Waals surface area contributed by atoms with E-state index in [1.54, 1.807) is 0 Å². The number of amides is 1. The molecule has 0 spiro atoms. The van der Waals surface area contributed by atoms with Crippen molar-refractivity contribution in [2.45, 2.75) is 45.6 Å². The van der Waals surface area contributed by atoms with Crippen molar-refractivity contribution in [2.24, 2.45) is 0 Å². The maximum absolute atomic E-state index is 11.2. The van der Waals surface area contributed by atoms with Crippen molar-refractivity contribution < 1.29 is 19.1 Å². The summed E-state index contributed by atoms with van der Waals surface area (Å²) in [7, 11) is 0. The van der Waals surface area contributed by atoms with Gasteiger partial charge in [-0.05, 0) is 56.2 Å². The Morgan fingerprint density at radius 3 is 2.41 bits per heavy atom. The van der Waals surface area contributed by atoms with E-state index in [0.717, 1.165) is 6.42 Å². The molecule has 100 valence electrons. The minimum Gasteiger partial charge on any atom is -0.455 e. The van der Waals surface area contributed by atoms with Gasteiger partial charge in [0.2, 0.25) is 0 Å². The van der Waals surface area contributed by atoms with E-state index in [1.807, 2.05) is 43.4 Å². The minimum atomic E-state index is -0.478. The molecule has 0 unspecified atom stereocenters. The average molecular weight is 357 g/mol. The third-order valence-electron chi connectivity index (χ3n) is 1.69. The lowest BCUT2D eigenvalue weighted by Gasteiger charge is -2.19. The van der Waals surface area contributed by atoms with Crippen LogP contribution in [0.25, 0.3) is 0 Å². The highest BCUT2D eigenvalue weighted by Gasteiger charge is 2.15. The average Bonchev–Trinajstić information content (AvgIpc) is 2.14. The molecule has 1 N–H and O–H groups in total. The van der Waals surface area contributed by atoms with Crippen LogP contribution in [0.3, 0.4) is 0 Å². The number of rotatable bonds is 6. The van der Waals surface area contributed by atoms with Gasteiger partial charge in [0, 0.05) is 13.0 Å². The molecule has 0 atom stereocenters. The molecule has 0 aliphatic carbocycles. The quantitative estimate of drug-likeness (QED) is 0.344. The number of carbonyl (C=O) groups excluding carboxylic acids is 2. The first-order valence-corrected chi connectivity index (χ1v) is 7.06. The summed E-state index contributed by atoms with van der Waals surface area (Å²) in [6.07, 6.45) is 1.40. The van der Waals surface area contributed by atoms with Crippen molar-refractivity contribution >= 4 is 34.7 Å². The molecular formula is C11H20INO4. The van der Waals surface area contributed by atoms with Crippen LogP contribution >= 0.6 is 22.6 Å². The lowest BCUT2D eigenvalue weighted by molar-refractivity contribution is -0.141. The number of alkyl carbamates (subject to hydrolysis) is 1. The van der Waals surface area contributed by atoms with Gasteiger partial charge >= 0.3 is 12.1 Å². The molecular weight excluding hydrogens is 337 g/mol. The fourth-order valence-corrected chi connectivity index (χ4v) is 1.38. The van der Waals surface area contributed by atoms with Crippen molar-refractivity contribution in [3.05, 3.63) is 0 Å². The summed E-state index contributed by atoms with van der Waals surface area (Å²) in [6, 6.07) is 0. The van der Waals surface area contributed by atoms with Gasteiger partial charge in [-0.15, -0.1) is 0 Å². The lowest BCUT2D eigenvalue weighted by Crippen LogP contribution is -2.33. The molecule has 1 amide bonds. The van der Waals surface area contributed by atoms with Crippen LogP contribution in [0.5, 0.6) is 0 Å². The van der Waals surface area contributed by atoms with Crippen LogP contribution in [0, 0.1) is 0 Å². The van der Waals surface area contributed by atoms with E-state index in [0.29, 0.717) is 24.0 Å². The maximum Gasteiger partial charge on any atom is 0.407 e. The van der Waals surface area contributed by atoms with Crippen molar-refractivity contribution in [1.82, 2.24) is 5.32 Å². The van der Waals surface area contributed by atoms with Gasteiger partial charge in [0.05, 0.1) is 0 Å². The summed E-state index contributed by atoms with van der Waals surface area (Å²) in [4.78, 5) is 22.2. The Kier molecular flexibility index (Phi) is 8.28. The van der Waals surface area contributed by atoms with E-state index in [2.05, 4.69) is 5.32 Å². The first-order valence-electron chi connectivity index (χ1n) is 5.53. The van der Waals surface area contributed by atoms with Crippen LogP contribution in [0.15, 0.2) is 0 Å². The highest BCUT2D eigenvalue weighted by atomic mass is 127. The molecule has 0 heterocycles. The monoisotopic (exact) mass is 357 g/mol. The van der Waals surface area contributed by atoms with Gasteiger partial charge < -0.3 is 14.8 Å². The van der Waals surface area contributed by atoms with E-state index >= 15 is 0 Å². The molecule has 0 bridgehead atoms. The summed E-state index contributed by atoms with van der Waals surface area (Å²) in [5, 5.41) is 2.63. The highest BCUT2D eigenvalue weighted by Crippen LogP contribution is 2.06. The molecule has 0 radical (unpaired) electrons. The Labute approximate surface area is 116 Å². The van der Waals surface area contributed by atoms with E-state index in [4.69, 9.17) is 9.47 Å². The number of esters is 1. The van der Waals surface area contributed by atoms with Gasteiger partial charge in [0.15, 0.2) is 0 Å². The Hall–Kier alpha value is -0.530. The highest BCUT2D eigenvalue weighted by molar-refractivity contribution is 14.1. The van der Waals surface area contributed by atoms with Crippen molar-refractivity contribution in [2.75, 3.05) is 11.2 Å². The lowest BCUT2D eigenvalue weighted by atomic mass is 10.2. The summed E-state index contributed by atoms with van der Waals surface area (Å²) < 4.78 is 10.2. The predicted molar refractivity (Wildman–Crippen MR) is 73.1 cm³/mol. The van der Waals surface area contributed by atoms with Gasteiger partial charge in [-0.2, -0.15) is 0 Å². The molecule has 17 heavy (non-hydrogen) atoms. The second-order valence-electron chi connectivity index (χ2n) is 4.51. The van der Waals surface area contributed by atoms with Crippen molar-refractivity contribution in [1.29, 1.82) is 0 Å². The van der Waals surface area contributed by atoms with E-state index in [1.165, 1.54) is 0 Å². The number of nitrogens with one attached hydrogen (secondary N) is 1. The molecule has 0 aromatic carbocycles. The van der Waals surface area contributed by atoms with Crippen LogP contribution in [0.1, 0.15) is 40.0 Å². The van der Waals surface area contributed by atoms with Gasteiger partial charge in [-0.1, -0.05) is 0 Å². The van der Waals surface area contributed by atoms with Crippen LogP contribution in [0.4, 0.5) is 4.79 Å². The first kappa shape index (κ1) is 16.5. The van der Waals surface area contributed by atoms with Gasteiger partial charge in [-0.25, -0.2) is 4.79 Å². The summed E-state index contributed by atoms with van der Waals surface area (Å²) in [6.45, 7) is 5.94. The second kappa shape index (κ2) is 8.54. The normalized spacial score (nSPS) is 10.8. The number of ether oxygens (including phenoxy) is 2. The Bertz CT molecular complexity index is 250. The topological polar surface area (TPSA) is 64.6 Å². The summed E-state index contributed by atoms with van der Waals surface area (Å²) in [5.74, 6) is -0.198. The van der Waals surface area contributed by atoms with Gasteiger partial charge in [-0.3, -0.25) is 4.79 Å². The molecule has 0 saturated heterocycles. The Morgan fingerprint density at radius 1 is 1.24 bits per heavy atom. The van der Waals surface area contributed by atoms with Crippen molar-refractivity contribution in [3.63, 3.8) is 0 Å². The standard InChI is InChI=1S/C11H20INO4/c1-11(2,3)17-10(15)13-7-5-4-6-9(14)16-8-12/h4-8H2,1-3H3,(H,13,15). The largest absolute Gasteiger partial charge is 0.455 e. The van der Waals surface area contributed by atoms with Crippen LogP contribution in [-0.2, 0) is 14.3 Å². The van der Waals surface area contributed by atoms with Crippen LogP contribution < -0.4 is 5.32 Å². The molecule has 0 aromatic heterocycles. The molecule has 0 fully saturated rings. The Morgan fingerprint density at radius 2 is 1.88 bits per heavy atom. The maximum atomic E-state index is 11.2. The number of hydrogen-bond acceptors (Lipinski definition) is 4. The number of hydrogen-bond donors (Lipinski definition) is 1. The molecule has 0 aliphatic rings. The van der Waals surface area contributed by atoms with Crippen LogP contribution in [0.2, 0.25) is 0 Å². The zero-order valence-electron chi connectivity index (χ0n) is 10.5. The van der Waals surface area contributed by atoms with E-state index < -0.39 is 11.7 Å². The molecule has 0 aliphatic heterocycles. The minimum absolute atomic E-state index is 0.198. The zero-order valence-corrected chi connectivity index (χ0v) is 12.7. The third kappa shape index (κ3) is 11.7. The number of alkyl halides is 1. The van der Waals surface area contributed by atoms with Crippen LogP contribution in [-0.4, -0.2) is 28.8 Å². The Balaban J connectivity index is 3.46. The fraction of sp³-hybridized carbons (Fsp3) is 0.818. The molecule has 0 aromatic rings. The summed E-state index contributed by atoms with van der Waals surface area (Å²) in [5.41, 5.74) is -0.478. The van der Waals surface area contributed by atoms with Gasteiger partial charge in [0.1, 0.15) is 10.2 Å². The SMILES string of the molecule is CC(C)(C)OC(=O)NCCCCC(=O)OCI. The number of carbonyl (C=O) groups is 2. The van der Waals surface area contributed by atoms with Crippen molar-refractivity contribution in [3.8, 4) is 0 Å². The molecule has 6 heteroatoms. The predicted octanol–water partition coefficient (Wildman–Crippen LogP) is 2.62. The fourth-order valence-electron chi connectivity index (χ4n) is 1.03.